The summed E-state index contributed by atoms with van der Waals surface area (Å²) in [7, 11) is 3.38. The first-order valence-electron chi connectivity index (χ1n) is 9.17. The van der Waals surface area contributed by atoms with E-state index in [1.165, 1.54) is 11.3 Å². The van der Waals surface area contributed by atoms with Gasteiger partial charge < -0.3 is 14.4 Å². The molecule has 0 fully saturated rings. The molecule has 0 aliphatic heterocycles. The van der Waals surface area contributed by atoms with E-state index in [1.807, 2.05) is 56.3 Å². The zero-order valence-corrected chi connectivity index (χ0v) is 18.4. The molecule has 152 valence electrons. The quantitative estimate of drug-likeness (QED) is 0.494. The highest BCUT2D eigenvalue weighted by Crippen LogP contribution is 2.34. The lowest BCUT2D eigenvalue weighted by Crippen LogP contribution is -2.33. The SMILES string of the molecule is COc1cc(-c2nc(C(=O)N(C)C(C)C)cs2)ccc1OCc1cccc(Cl)c1. The van der Waals surface area contributed by atoms with E-state index < -0.39 is 0 Å². The van der Waals surface area contributed by atoms with Gasteiger partial charge >= 0.3 is 0 Å². The van der Waals surface area contributed by atoms with Crippen molar-refractivity contribution in [3.8, 4) is 22.1 Å². The highest BCUT2D eigenvalue weighted by molar-refractivity contribution is 7.13. The highest BCUT2D eigenvalue weighted by Gasteiger charge is 2.18. The van der Waals surface area contributed by atoms with E-state index in [0.717, 1.165) is 16.1 Å². The van der Waals surface area contributed by atoms with E-state index in [0.29, 0.717) is 28.8 Å². The van der Waals surface area contributed by atoms with Crippen LogP contribution in [0, 0.1) is 0 Å². The molecule has 5 nitrogen and oxygen atoms in total. The number of ether oxygens (including phenoxy) is 2. The lowest BCUT2D eigenvalue weighted by Gasteiger charge is -2.20. The van der Waals surface area contributed by atoms with Crippen molar-refractivity contribution < 1.29 is 14.3 Å². The zero-order chi connectivity index (χ0) is 21.0. The van der Waals surface area contributed by atoms with Crippen LogP contribution in [-0.2, 0) is 6.61 Å². The van der Waals surface area contributed by atoms with Crippen LogP contribution in [0.25, 0.3) is 10.6 Å². The van der Waals surface area contributed by atoms with Crippen molar-refractivity contribution in [2.24, 2.45) is 0 Å². The van der Waals surface area contributed by atoms with E-state index >= 15 is 0 Å². The lowest BCUT2D eigenvalue weighted by atomic mass is 10.2. The summed E-state index contributed by atoms with van der Waals surface area (Å²) in [4.78, 5) is 18.6. The van der Waals surface area contributed by atoms with Gasteiger partial charge in [-0.25, -0.2) is 4.98 Å². The van der Waals surface area contributed by atoms with Crippen LogP contribution in [0.1, 0.15) is 29.9 Å². The molecule has 0 unspecified atom stereocenters. The predicted octanol–water partition coefficient (Wildman–Crippen LogP) is 5.53. The Labute approximate surface area is 179 Å². The van der Waals surface area contributed by atoms with Gasteiger partial charge in [-0.3, -0.25) is 4.79 Å². The van der Waals surface area contributed by atoms with Crippen molar-refractivity contribution in [1.82, 2.24) is 9.88 Å². The molecule has 7 heteroatoms. The Hall–Kier alpha value is -2.57. The van der Waals surface area contributed by atoms with Crippen LogP contribution in [0.2, 0.25) is 5.02 Å². The summed E-state index contributed by atoms with van der Waals surface area (Å²) in [6.45, 7) is 4.32. The van der Waals surface area contributed by atoms with Crippen LogP contribution >= 0.6 is 22.9 Å². The van der Waals surface area contributed by atoms with Crippen LogP contribution in [0.5, 0.6) is 11.5 Å². The number of carbonyl (C=O) groups is 1. The molecule has 3 aromatic rings. The molecule has 2 aromatic carbocycles. The second-order valence-corrected chi connectivity index (χ2v) is 8.13. The Morgan fingerprint density at radius 3 is 2.69 bits per heavy atom. The number of halogens is 1. The van der Waals surface area contributed by atoms with Gasteiger partial charge in [-0.1, -0.05) is 23.7 Å². The Morgan fingerprint density at radius 1 is 1.21 bits per heavy atom. The monoisotopic (exact) mass is 430 g/mol. The fraction of sp³-hybridized carbons (Fsp3) is 0.273. The van der Waals surface area contributed by atoms with Crippen molar-refractivity contribution in [2.75, 3.05) is 14.2 Å². The molecule has 0 atom stereocenters. The van der Waals surface area contributed by atoms with Crippen molar-refractivity contribution in [2.45, 2.75) is 26.5 Å². The number of aromatic nitrogens is 1. The normalized spacial score (nSPS) is 10.8. The van der Waals surface area contributed by atoms with Crippen LogP contribution < -0.4 is 9.47 Å². The Bertz CT molecular complexity index is 1000. The maximum atomic E-state index is 12.5. The second kappa shape index (κ2) is 9.29. The molecule has 0 saturated carbocycles. The molecule has 29 heavy (non-hydrogen) atoms. The molecule has 0 saturated heterocycles. The number of amides is 1. The molecule has 3 rings (SSSR count). The van der Waals surface area contributed by atoms with E-state index in [2.05, 4.69) is 4.98 Å². The van der Waals surface area contributed by atoms with Gasteiger partial charge in [0.15, 0.2) is 11.5 Å². The summed E-state index contributed by atoms with van der Waals surface area (Å²) in [5.41, 5.74) is 2.29. The van der Waals surface area contributed by atoms with Crippen LogP contribution in [0.3, 0.4) is 0 Å². The van der Waals surface area contributed by atoms with Crippen molar-refractivity contribution in [1.29, 1.82) is 0 Å². The van der Waals surface area contributed by atoms with Crippen LogP contribution in [-0.4, -0.2) is 36.0 Å². The largest absolute Gasteiger partial charge is 0.493 e. The summed E-state index contributed by atoms with van der Waals surface area (Å²) in [6, 6.07) is 13.3. The molecule has 1 heterocycles. The Balaban J connectivity index is 1.77. The Kier molecular flexibility index (Phi) is 6.77. The maximum Gasteiger partial charge on any atom is 0.273 e. The number of carbonyl (C=O) groups excluding carboxylic acids is 1. The summed E-state index contributed by atoms with van der Waals surface area (Å²) in [5, 5.41) is 3.21. The number of methoxy groups -OCH3 is 1. The fourth-order valence-electron chi connectivity index (χ4n) is 2.63. The van der Waals surface area contributed by atoms with Crippen molar-refractivity contribution in [3.63, 3.8) is 0 Å². The minimum absolute atomic E-state index is 0.0871. The predicted molar refractivity (Wildman–Crippen MR) is 117 cm³/mol. The number of hydrogen-bond donors (Lipinski definition) is 0. The van der Waals surface area contributed by atoms with Crippen molar-refractivity contribution >= 4 is 28.8 Å². The van der Waals surface area contributed by atoms with Gasteiger partial charge in [0, 0.05) is 29.1 Å². The van der Waals surface area contributed by atoms with Gasteiger partial charge in [0.05, 0.1) is 7.11 Å². The standard InChI is InChI=1S/C22H23ClN2O3S/c1-14(2)25(3)22(26)18-13-29-21(24-18)16-8-9-19(20(11-16)27-4)28-12-15-6-5-7-17(23)10-15/h5-11,13-14H,12H2,1-4H3. The van der Waals surface area contributed by atoms with Gasteiger partial charge in [-0.15, -0.1) is 11.3 Å². The van der Waals surface area contributed by atoms with Gasteiger partial charge in [-0.2, -0.15) is 0 Å². The molecule has 1 aromatic heterocycles. The smallest absolute Gasteiger partial charge is 0.273 e. The third-order valence-electron chi connectivity index (χ3n) is 4.51. The Morgan fingerprint density at radius 2 is 2.00 bits per heavy atom. The summed E-state index contributed by atoms with van der Waals surface area (Å²) < 4.78 is 11.4. The average molecular weight is 431 g/mol. The summed E-state index contributed by atoms with van der Waals surface area (Å²) in [6.07, 6.45) is 0. The van der Waals surface area contributed by atoms with E-state index in [-0.39, 0.29) is 11.9 Å². The molecule has 1 amide bonds. The minimum atomic E-state index is -0.0871. The molecular weight excluding hydrogens is 408 g/mol. The molecule has 0 aliphatic carbocycles. The molecule has 0 aliphatic rings. The summed E-state index contributed by atoms with van der Waals surface area (Å²) >= 11 is 7.45. The first kappa shape index (κ1) is 21.1. The topological polar surface area (TPSA) is 51.7 Å². The molecule has 0 N–H and O–H groups in total. The second-order valence-electron chi connectivity index (χ2n) is 6.83. The highest BCUT2D eigenvalue weighted by atomic mass is 35.5. The first-order chi connectivity index (χ1) is 13.9. The number of thiazole rings is 1. The minimum Gasteiger partial charge on any atom is -0.493 e. The van der Waals surface area contributed by atoms with Gasteiger partial charge in [0.2, 0.25) is 0 Å². The number of nitrogens with zero attached hydrogens (tertiary/aromatic N) is 2. The number of benzene rings is 2. The average Bonchev–Trinajstić information content (AvgIpc) is 3.21. The third kappa shape index (κ3) is 5.08. The van der Waals surface area contributed by atoms with Crippen LogP contribution in [0.4, 0.5) is 0 Å². The van der Waals surface area contributed by atoms with E-state index in [9.17, 15) is 4.79 Å². The van der Waals surface area contributed by atoms with Gasteiger partial charge in [-0.05, 0) is 49.7 Å². The summed E-state index contributed by atoms with van der Waals surface area (Å²) in [5.74, 6) is 1.14. The van der Waals surface area contributed by atoms with Gasteiger partial charge in [0.25, 0.3) is 5.91 Å². The number of rotatable bonds is 7. The molecule has 0 spiro atoms. The first-order valence-corrected chi connectivity index (χ1v) is 10.4. The van der Waals surface area contributed by atoms with E-state index in [1.54, 1.807) is 24.4 Å². The van der Waals surface area contributed by atoms with E-state index in [4.69, 9.17) is 21.1 Å². The fourth-order valence-corrected chi connectivity index (χ4v) is 3.63. The lowest BCUT2D eigenvalue weighted by molar-refractivity contribution is 0.0750. The van der Waals surface area contributed by atoms with Crippen LogP contribution in [0.15, 0.2) is 47.8 Å². The van der Waals surface area contributed by atoms with Gasteiger partial charge in [0.1, 0.15) is 17.3 Å². The number of hydrogen-bond acceptors (Lipinski definition) is 5. The molecule has 0 radical (unpaired) electrons. The molecular formula is C22H23ClN2O3S. The maximum absolute atomic E-state index is 12.5. The molecule has 0 bridgehead atoms. The third-order valence-corrected chi connectivity index (χ3v) is 5.64. The zero-order valence-electron chi connectivity index (χ0n) is 16.8. The van der Waals surface area contributed by atoms with Crippen molar-refractivity contribution in [3.05, 3.63) is 64.1 Å².